The smallest absolute Gasteiger partial charge is 0.251 e. The van der Waals surface area contributed by atoms with E-state index in [4.69, 9.17) is 0 Å². The van der Waals surface area contributed by atoms with E-state index in [9.17, 15) is 19.5 Å². The second kappa shape index (κ2) is 11.4. The van der Waals surface area contributed by atoms with Gasteiger partial charge >= 0.3 is 0 Å². The predicted octanol–water partition coefficient (Wildman–Crippen LogP) is 2.92. The van der Waals surface area contributed by atoms with Crippen LogP contribution in [0.15, 0.2) is 48.6 Å². The Morgan fingerprint density at radius 3 is 2.38 bits per heavy atom. The van der Waals surface area contributed by atoms with Crippen molar-refractivity contribution in [3.63, 3.8) is 0 Å². The van der Waals surface area contributed by atoms with Crippen molar-refractivity contribution in [3.8, 4) is 0 Å². The van der Waals surface area contributed by atoms with Crippen LogP contribution in [0.1, 0.15) is 33.6 Å². The molecular formula is C30H40N4O4S. The third kappa shape index (κ3) is 4.57. The Hall–Kier alpha value is -2.78. The van der Waals surface area contributed by atoms with Crippen molar-refractivity contribution in [1.82, 2.24) is 9.80 Å². The van der Waals surface area contributed by atoms with Crippen LogP contribution in [0.5, 0.6) is 0 Å². The maximum Gasteiger partial charge on any atom is 0.251 e. The third-order valence-corrected chi connectivity index (χ3v) is 10.3. The molecule has 8 nitrogen and oxygen atoms in total. The molecule has 1 N–H and O–H groups in total. The molecule has 4 aliphatic heterocycles. The molecule has 0 saturated carbocycles. The highest BCUT2D eigenvalue weighted by Crippen LogP contribution is 2.61. The first-order chi connectivity index (χ1) is 18.9. The number of rotatable bonds is 9. The lowest BCUT2D eigenvalue weighted by Crippen LogP contribution is -2.53. The predicted molar refractivity (Wildman–Crippen MR) is 156 cm³/mol. The molecule has 3 amide bonds. The Kier molecular flexibility index (Phi) is 8.10. The van der Waals surface area contributed by atoms with Crippen LogP contribution in [0.4, 0.5) is 11.4 Å². The Labute approximate surface area is 235 Å². The highest BCUT2D eigenvalue weighted by atomic mass is 32.2. The van der Waals surface area contributed by atoms with E-state index in [-0.39, 0.29) is 36.1 Å². The molecule has 2 fully saturated rings. The number of hydrogen-bond donors (Lipinski definition) is 1. The van der Waals surface area contributed by atoms with Crippen molar-refractivity contribution < 1.29 is 19.5 Å². The third-order valence-electron chi connectivity index (χ3n) is 8.58. The van der Waals surface area contributed by atoms with Crippen LogP contribution in [-0.2, 0) is 14.4 Å². The van der Waals surface area contributed by atoms with Crippen molar-refractivity contribution in [3.05, 3.63) is 48.6 Å². The fraction of sp³-hybridized carbons (Fsp3) is 0.567. The number of anilines is 2. The first-order valence-corrected chi connectivity index (χ1v) is 15.2. The maximum absolute atomic E-state index is 14.4. The molecule has 210 valence electrons. The van der Waals surface area contributed by atoms with Crippen LogP contribution >= 0.6 is 11.8 Å². The number of fused-ring (bicyclic) bond motifs is 2. The molecule has 0 radical (unpaired) electrons. The van der Waals surface area contributed by atoms with Gasteiger partial charge in [0.05, 0.1) is 16.6 Å². The number of likely N-dealkylation sites (tertiary alicyclic amines) is 1. The Morgan fingerprint density at radius 2 is 1.72 bits per heavy atom. The topological polar surface area (TPSA) is 84.4 Å². The van der Waals surface area contributed by atoms with Crippen LogP contribution in [0.25, 0.3) is 0 Å². The van der Waals surface area contributed by atoms with E-state index in [1.807, 2.05) is 54.3 Å². The van der Waals surface area contributed by atoms with E-state index >= 15 is 0 Å². The number of carbonyl (C=O) groups excluding carboxylic acids is 3. The van der Waals surface area contributed by atoms with E-state index in [1.165, 1.54) is 0 Å². The quantitative estimate of drug-likeness (QED) is 0.475. The number of aliphatic hydroxyl groups is 1. The van der Waals surface area contributed by atoms with Gasteiger partial charge in [0.25, 0.3) is 5.91 Å². The van der Waals surface area contributed by atoms with Gasteiger partial charge in [0.1, 0.15) is 6.04 Å². The fourth-order valence-electron chi connectivity index (χ4n) is 6.81. The maximum atomic E-state index is 14.4. The first-order valence-electron chi connectivity index (χ1n) is 14.3. The van der Waals surface area contributed by atoms with Crippen LogP contribution < -0.4 is 9.80 Å². The Morgan fingerprint density at radius 1 is 0.974 bits per heavy atom. The average molecular weight is 553 g/mol. The summed E-state index contributed by atoms with van der Waals surface area (Å²) in [6, 6.07) is 7.30. The van der Waals surface area contributed by atoms with Crippen LogP contribution in [0.2, 0.25) is 0 Å². The number of amides is 3. The zero-order valence-corrected chi connectivity index (χ0v) is 24.0. The second-order valence-corrected chi connectivity index (χ2v) is 12.2. The molecule has 4 heterocycles. The molecule has 1 aromatic rings. The molecular weight excluding hydrogens is 512 g/mol. The number of carbonyl (C=O) groups is 3. The summed E-state index contributed by atoms with van der Waals surface area (Å²) >= 11 is 1.60. The van der Waals surface area contributed by atoms with Gasteiger partial charge in [-0.1, -0.05) is 31.2 Å². The second-order valence-electron chi connectivity index (χ2n) is 10.7. The van der Waals surface area contributed by atoms with Crippen LogP contribution in [0.3, 0.4) is 0 Å². The van der Waals surface area contributed by atoms with Crippen LogP contribution in [0, 0.1) is 11.8 Å². The number of hydrogen-bond acceptors (Lipinski definition) is 6. The summed E-state index contributed by atoms with van der Waals surface area (Å²) in [6.07, 6.45) is 9.39. The lowest BCUT2D eigenvalue weighted by atomic mass is 9.78. The van der Waals surface area contributed by atoms with Gasteiger partial charge in [0.2, 0.25) is 11.8 Å². The summed E-state index contributed by atoms with van der Waals surface area (Å²) in [6.45, 7) is 9.91. The molecule has 4 aliphatic rings. The lowest BCUT2D eigenvalue weighted by molar-refractivity contribution is -0.142. The highest BCUT2D eigenvalue weighted by Gasteiger charge is 2.70. The summed E-state index contributed by atoms with van der Waals surface area (Å²) < 4.78 is -0.829. The largest absolute Gasteiger partial charge is 0.396 e. The van der Waals surface area contributed by atoms with Gasteiger partial charge in [-0.25, -0.2) is 0 Å². The number of aliphatic hydroxyl groups excluding tert-OH is 1. The molecule has 1 aromatic carbocycles. The zero-order valence-electron chi connectivity index (χ0n) is 23.2. The molecule has 1 unspecified atom stereocenters. The molecule has 2 saturated heterocycles. The van der Waals surface area contributed by atoms with Gasteiger partial charge < -0.3 is 24.7 Å². The number of nitrogens with zero attached hydrogens (tertiary/aromatic N) is 4. The minimum absolute atomic E-state index is 0.00581. The highest BCUT2D eigenvalue weighted by molar-refractivity contribution is 8.02. The monoisotopic (exact) mass is 552 g/mol. The average Bonchev–Trinajstić information content (AvgIpc) is 3.25. The van der Waals surface area contributed by atoms with E-state index in [1.54, 1.807) is 21.6 Å². The molecule has 5 rings (SSSR count). The molecule has 0 aromatic heterocycles. The van der Waals surface area contributed by atoms with E-state index in [2.05, 4.69) is 24.8 Å². The first kappa shape index (κ1) is 27.8. The van der Waals surface area contributed by atoms with Crippen molar-refractivity contribution in [2.75, 3.05) is 55.7 Å². The summed E-state index contributed by atoms with van der Waals surface area (Å²) in [7, 11) is 0. The van der Waals surface area contributed by atoms with Crippen molar-refractivity contribution in [1.29, 1.82) is 0 Å². The lowest BCUT2D eigenvalue weighted by Gasteiger charge is -2.35. The zero-order chi connectivity index (χ0) is 27.7. The van der Waals surface area contributed by atoms with E-state index in [0.29, 0.717) is 26.1 Å². The number of thioether (sulfide) groups is 1. The minimum Gasteiger partial charge on any atom is -0.396 e. The summed E-state index contributed by atoms with van der Waals surface area (Å²) in [5.74, 6) is -1.39. The summed E-state index contributed by atoms with van der Waals surface area (Å²) in [5.41, 5.74) is 1.89. The van der Waals surface area contributed by atoms with E-state index < -0.39 is 22.6 Å². The van der Waals surface area contributed by atoms with Gasteiger partial charge in [-0.05, 0) is 51.0 Å². The van der Waals surface area contributed by atoms with Gasteiger partial charge in [-0.3, -0.25) is 14.4 Å². The fourth-order valence-corrected chi connectivity index (χ4v) is 8.81. The van der Waals surface area contributed by atoms with Gasteiger partial charge in [-0.15, -0.1) is 11.8 Å². The standard InChI is InChI=1S/C30H40N4O4S/c1-4-16-32-17-7-10-23-24(27(32)36)25-28(37)34(19-9-20-35)26-29(38)33(18-8-15-30(25,26)39-23)22-13-11-21(12-14-22)31(5-2)6-3/h7-8,10-15,23-26,35H,4-6,9,16-20H2,1-3H3/t23-,24+,25+,26?,30+/m1/s1. The molecule has 1 spiro atoms. The van der Waals surface area contributed by atoms with Gasteiger partial charge in [0.15, 0.2) is 0 Å². The Bertz CT molecular complexity index is 1150. The molecule has 0 aliphatic carbocycles. The van der Waals surface area contributed by atoms with Gasteiger partial charge in [-0.2, -0.15) is 0 Å². The summed E-state index contributed by atoms with van der Waals surface area (Å²) in [5, 5.41) is 9.45. The van der Waals surface area contributed by atoms with Gasteiger partial charge in [0, 0.05) is 62.5 Å². The number of benzene rings is 1. The SMILES string of the molecule is CCCN1CC=C[C@H]2S[C@]34C=CCN(c5ccc(N(CC)CC)cc5)C(=O)C3N(CCCO)C(=O)[C@@H]4[C@H]2C1=O. The van der Waals surface area contributed by atoms with Crippen molar-refractivity contribution in [2.45, 2.75) is 49.7 Å². The Balaban J connectivity index is 1.53. The van der Waals surface area contributed by atoms with Crippen molar-refractivity contribution in [2.24, 2.45) is 11.8 Å². The molecule has 0 bridgehead atoms. The summed E-state index contributed by atoms with van der Waals surface area (Å²) in [4.78, 5) is 49.9. The van der Waals surface area contributed by atoms with E-state index in [0.717, 1.165) is 30.9 Å². The molecule has 9 heteroatoms. The van der Waals surface area contributed by atoms with Crippen LogP contribution in [-0.4, -0.2) is 94.5 Å². The normalized spacial score (nSPS) is 29.8. The minimum atomic E-state index is -0.829. The molecule has 5 atom stereocenters. The molecule has 39 heavy (non-hydrogen) atoms. The van der Waals surface area contributed by atoms with Crippen molar-refractivity contribution >= 4 is 40.9 Å².